The second kappa shape index (κ2) is 7.25. The highest BCUT2D eigenvalue weighted by Crippen LogP contribution is 2.34. The van der Waals surface area contributed by atoms with Crippen LogP contribution in [0.2, 0.25) is 0 Å². The number of hydrogen-bond donors (Lipinski definition) is 2. The van der Waals surface area contributed by atoms with Gasteiger partial charge >= 0.3 is 6.03 Å². The molecule has 1 saturated heterocycles. The summed E-state index contributed by atoms with van der Waals surface area (Å²) in [5.74, 6) is -1.24. The first-order valence-corrected chi connectivity index (χ1v) is 8.12. The maximum Gasteiger partial charge on any atom is 0.321 e. The van der Waals surface area contributed by atoms with Crippen molar-refractivity contribution in [3.8, 4) is 0 Å². The summed E-state index contributed by atoms with van der Waals surface area (Å²) in [6, 6.07) is 2.50. The van der Waals surface area contributed by atoms with E-state index in [2.05, 4.69) is 19.2 Å². The number of carbonyl (C=O) groups excluding carboxylic acids is 1. The number of aliphatic hydroxyl groups is 1. The van der Waals surface area contributed by atoms with E-state index in [9.17, 15) is 18.7 Å². The summed E-state index contributed by atoms with van der Waals surface area (Å²) in [7, 11) is 0. The maximum absolute atomic E-state index is 13.2. The second-order valence-electron chi connectivity index (χ2n) is 6.19. The first kappa shape index (κ1) is 17.7. The van der Waals surface area contributed by atoms with Crippen LogP contribution >= 0.6 is 0 Å². The van der Waals surface area contributed by atoms with E-state index in [1.165, 1.54) is 0 Å². The molecule has 0 aromatic heterocycles. The number of likely N-dealkylation sites (tertiary alicyclic amines) is 1. The van der Waals surface area contributed by atoms with Gasteiger partial charge in [-0.2, -0.15) is 0 Å². The Bertz CT molecular complexity index is 533. The Kier molecular flexibility index (Phi) is 5.57. The molecule has 0 spiro atoms. The number of piperidine rings is 1. The van der Waals surface area contributed by atoms with E-state index in [1.54, 1.807) is 4.90 Å². The van der Waals surface area contributed by atoms with Crippen LogP contribution in [-0.4, -0.2) is 34.7 Å². The zero-order valence-corrected chi connectivity index (χ0v) is 13.6. The molecule has 0 unspecified atom stereocenters. The number of amides is 2. The fourth-order valence-electron chi connectivity index (χ4n) is 3.38. The lowest BCUT2D eigenvalue weighted by Crippen LogP contribution is -2.51. The molecule has 1 aromatic rings. The predicted octanol–water partition coefficient (Wildman–Crippen LogP) is 3.76. The lowest BCUT2D eigenvalue weighted by atomic mass is 9.77. The van der Waals surface area contributed by atoms with Crippen molar-refractivity contribution >= 4 is 11.7 Å². The molecule has 0 atom stereocenters. The van der Waals surface area contributed by atoms with E-state index in [1.807, 2.05) is 0 Å². The Hall–Kier alpha value is -1.69. The van der Waals surface area contributed by atoms with Crippen LogP contribution in [-0.2, 0) is 0 Å². The van der Waals surface area contributed by atoms with Crippen LogP contribution in [0.15, 0.2) is 18.2 Å². The van der Waals surface area contributed by atoms with Gasteiger partial charge < -0.3 is 15.3 Å². The van der Waals surface area contributed by atoms with Crippen molar-refractivity contribution in [2.75, 3.05) is 18.4 Å². The zero-order valence-electron chi connectivity index (χ0n) is 13.6. The normalized spacial score (nSPS) is 17.4. The van der Waals surface area contributed by atoms with E-state index >= 15 is 0 Å². The standard InChI is InChI=1S/C17H24F2N2O2/c1-3-12(4-2)17(23)5-7-21(8-6-17)16(22)20-15-10-13(18)9-14(19)11-15/h9-12,23H,3-8H2,1-2H3,(H,20,22). The summed E-state index contributed by atoms with van der Waals surface area (Å²) in [6.07, 6.45) is 2.85. The molecule has 1 aromatic carbocycles. The number of hydrogen-bond acceptors (Lipinski definition) is 2. The predicted molar refractivity (Wildman–Crippen MR) is 85.2 cm³/mol. The molecule has 2 rings (SSSR count). The van der Waals surface area contributed by atoms with Gasteiger partial charge in [-0.25, -0.2) is 13.6 Å². The molecule has 1 fully saturated rings. The smallest absolute Gasteiger partial charge is 0.321 e. The Morgan fingerprint density at radius 3 is 2.22 bits per heavy atom. The van der Waals surface area contributed by atoms with Crippen molar-refractivity contribution in [1.29, 1.82) is 0 Å². The van der Waals surface area contributed by atoms with E-state index in [0.29, 0.717) is 25.9 Å². The third-order valence-corrected chi connectivity index (χ3v) is 4.78. The largest absolute Gasteiger partial charge is 0.389 e. The van der Waals surface area contributed by atoms with Crippen LogP contribution in [0.1, 0.15) is 39.5 Å². The summed E-state index contributed by atoms with van der Waals surface area (Å²) in [5, 5.41) is 13.2. The first-order valence-electron chi connectivity index (χ1n) is 8.12. The van der Waals surface area contributed by atoms with Crippen LogP contribution in [0.4, 0.5) is 19.3 Å². The zero-order chi connectivity index (χ0) is 17.0. The van der Waals surface area contributed by atoms with E-state index in [0.717, 1.165) is 31.0 Å². The molecule has 0 saturated carbocycles. The Balaban J connectivity index is 1.95. The van der Waals surface area contributed by atoms with Gasteiger partial charge in [0.2, 0.25) is 0 Å². The number of halogens is 2. The van der Waals surface area contributed by atoms with Gasteiger partial charge in [-0.05, 0) is 30.9 Å². The maximum atomic E-state index is 13.2. The average molecular weight is 326 g/mol. The second-order valence-corrected chi connectivity index (χ2v) is 6.19. The first-order chi connectivity index (χ1) is 10.9. The average Bonchev–Trinajstić information content (AvgIpc) is 2.47. The molecule has 1 aliphatic heterocycles. The molecular weight excluding hydrogens is 302 g/mol. The van der Waals surface area contributed by atoms with Crippen molar-refractivity contribution in [3.05, 3.63) is 29.8 Å². The van der Waals surface area contributed by atoms with Crippen LogP contribution in [0.3, 0.4) is 0 Å². The van der Waals surface area contributed by atoms with Crippen molar-refractivity contribution in [2.24, 2.45) is 5.92 Å². The SMILES string of the molecule is CCC(CC)C1(O)CCN(C(=O)Nc2cc(F)cc(F)c2)CC1. The molecule has 23 heavy (non-hydrogen) atoms. The summed E-state index contributed by atoms with van der Waals surface area (Å²) in [5.41, 5.74) is -0.640. The number of urea groups is 1. The summed E-state index contributed by atoms with van der Waals surface area (Å²) >= 11 is 0. The van der Waals surface area contributed by atoms with Crippen molar-refractivity contribution in [2.45, 2.75) is 45.1 Å². The van der Waals surface area contributed by atoms with Crippen LogP contribution < -0.4 is 5.32 Å². The van der Waals surface area contributed by atoms with Gasteiger partial charge in [0.25, 0.3) is 0 Å². The highest BCUT2D eigenvalue weighted by molar-refractivity contribution is 5.89. The minimum absolute atomic E-state index is 0.0910. The number of nitrogens with one attached hydrogen (secondary N) is 1. The lowest BCUT2D eigenvalue weighted by Gasteiger charge is -2.42. The summed E-state index contributed by atoms with van der Waals surface area (Å²) < 4.78 is 26.3. The Morgan fingerprint density at radius 2 is 1.74 bits per heavy atom. The number of nitrogens with zero attached hydrogens (tertiary/aromatic N) is 1. The summed E-state index contributed by atoms with van der Waals surface area (Å²) in [4.78, 5) is 13.8. The van der Waals surface area contributed by atoms with Gasteiger partial charge in [0.1, 0.15) is 11.6 Å². The topological polar surface area (TPSA) is 52.6 Å². The number of rotatable bonds is 4. The molecule has 2 amide bonds. The molecule has 2 N–H and O–H groups in total. The van der Waals surface area contributed by atoms with E-state index < -0.39 is 23.3 Å². The van der Waals surface area contributed by atoms with Gasteiger partial charge in [0, 0.05) is 24.8 Å². The lowest BCUT2D eigenvalue weighted by molar-refractivity contribution is -0.0619. The van der Waals surface area contributed by atoms with Gasteiger partial charge in [-0.15, -0.1) is 0 Å². The molecule has 0 aliphatic carbocycles. The van der Waals surface area contributed by atoms with Crippen molar-refractivity contribution in [3.63, 3.8) is 0 Å². The highest BCUT2D eigenvalue weighted by atomic mass is 19.1. The van der Waals surface area contributed by atoms with Crippen molar-refractivity contribution < 1.29 is 18.7 Å². The molecule has 0 radical (unpaired) electrons. The molecule has 0 bridgehead atoms. The van der Waals surface area contributed by atoms with E-state index in [4.69, 9.17) is 0 Å². The van der Waals surface area contributed by atoms with E-state index in [-0.39, 0.29) is 11.6 Å². The molecule has 128 valence electrons. The fraction of sp³-hybridized carbons (Fsp3) is 0.588. The Morgan fingerprint density at radius 1 is 1.22 bits per heavy atom. The third kappa shape index (κ3) is 4.19. The summed E-state index contributed by atoms with van der Waals surface area (Å²) in [6.45, 7) is 4.97. The van der Waals surface area contributed by atoms with Crippen LogP contribution in [0.25, 0.3) is 0 Å². The van der Waals surface area contributed by atoms with Crippen LogP contribution in [0.5, 0.6) is 0 Å². The number of anilines is 1. The fourth-order valence-corrected chi connectivity index (χ4v) is 3.38. The molecule has 4 nitrogen and oxygen atoms in total. The molecule has 6 heteroatoms. The monoisotopic (exact) mass is 326 g/mol. The quantitative estimate of drug-likeness (QED) is 0.885. The van der Waals surface area contributed by atoms with Gasteiger partial charge in [0.05, 0.1) is 5.60 Å². The highest BCUT2D eigenvalue weighted by Gasteiger charge is 2.38. The minimum atomic E-state index is -0.734. The number of benzene rings is 1. The van der Waals surface area contributed by atoms with Gasteiger partial charge in [-0.3, -0.25) is 0 Å². The third-order valence-electron chi connectivity index (χ3n) is 4.78. The minimum Gasteiger partial charge on any atom is -0.389 e. The van der Waals surface area contributed by atoms with Crippen molar-refractivity contribution in [1.82, 2.24) is 4.90 Å². The molecule has 1 heterocycles. The van der Waals surface area contributed by atoms with Gasteiger partial charge in [0.15, 0.2) is 0 Å². The molecule has 1 aliphatic rings. The number of carbonyl (C=O) groups is 1. The van der Waals surface area contributed by atoms with Gasteiger partial charge in [-0.1, -0.05) is 26.7 Å². The Labute approximate surface area is 135 Å². The molecular formula is C17H24F2N2O2. The van der Waals surface area contributed by atoms with Crippen LogP contribution in [0, 0.1) is 17.6 Å².